The van der Waals surface area contributed by atoms with Crippen LogP contribution in [-0.4, -0.2) is 66.6 Å². The van der Waals surface area contributed by atoms with Gasteiger partial charge in [-0.25, -0.2) is 0 Å². The molecule has 0 amide bonds. The fraction of sp³-hybridized carbons (Fsp3) is 1.00. The first-order valence-electron chi connectivity index (χ1n) is 5.92. The molecule has 5 heteroatoms. The highest BCUT2D eigenvalue weighted by Crippen LogP contribution is 2.02. The molecule has 3 atom stereocenters. The number of hydrogen-bond donors (Lipinski definition) is 1. The predicted octanol–water partition coefficient (Wildman–Crippen LogP) is 0.0637. The number of hydrogen-bond acceptors (Lipinski definition) is 4. The Bertz CT molecular complexity index is 226. The van der Waals surface area contributed by atoms with Gasteiger partial charge in [0, 0.05) is 41.9 Å². The summed E-state index contributed by atoms with van der Waals surface area (Å²) in [5.41, 5.74) is 0. The smallest absolute Gasteiger partial charge is 0.0826 e. The minimum Gasteiger partial charge on any atom is -0.374 e. The standard InChI is InChI=1S/C11H24N2O2S/c1-10(16(3)14)4-5-12-8-11-9-13(2)6-7-15-11/h10-12H,4-9H2,1-3H3. The van der Waals surface area contributed by atoms with Crippen LogP contribution >= 0.6 is 0 Å². The van der Waals surface area contributed by atoms with E-state index in [0.717, 1.165) is 39.2 Å². The molecule has 0 radical (unpaired) electrons. The molecule has 0 aliphatic carbocycles. The van der Waals surface area contributed by atoms with E-state index >= 15 is 0 Å². The number of rotatable bonds is 6. The Morgan fingerprint density at radius 1 is 1.62 bits per heavy atom. The van der Waals surface area contributed by atoms with E-state index in [9.17, 15) is 4.21 Å². The first-order valence-corrected chi connectivity index (χ1v) is 7.55. The summed E-state index contributed by atoms with van der Waals surface area (Å²) in [7, 11) is 1.42. The Morgan fingerprint density at radius 3 is 3.00 bits per heavy atom. The molecule has 4 nitrogen and oxygen atoms in total. The molecule has 0 aromatic rings. The summed E-state index contributed by atoms with van der Waals surface area (Å²) in [5, 5.41) is 3.66. The van der Waals surface area contributed by atoms with Crippen LogP contribution in [0.1, 0.15) is 13.3 Å². The molecule has 1 N–H and O–H groups in total. The van der Waals surface area contributed by atoms with Gasteiger partial charge in [-0.3, -0.25) is 4.21 Å². The summed E-state index contributed by atoms with van der Waals surface area (Å²) < 4.78 is 16.8. The fourth-order valence-corrected chi connectivity index (χ4v) is 2.17. The summed E-state index contributed by atoms with van der Waals surface area (Å²) in [5.74, 6) is 0. The zero-order chi connectivity index (χ0) is 12.0. The Labute approximate surface area is 101 Å². The van der Waals surface area contributed by atoms with Crippen LogP contribution in [0.5, 0.6) is 0 Å². The number of morpholine rings is 1. The van der Waals surface area contributed by atoms with Crippen molar-refractivity contribution < 1.29 is 8.95 Å². The van der Waals surface area contributed by atoms with Crippen molar-refractivity contribution in [3.8, 4) is 0 Å². The molecule has 0 saturated carbocycles. The van der Waals surface area contributed by atoms with Crippen LogP contribution in [0, 0.1) is 0 Å². The van der Waals surface area contributed by atoms with Crippen molar-refractivity contribution in [1.82, 2.24) is 10.2 Å². The monoisotopic (exact) mass is 248 g/mol. The molecule has 1 aliphatic heterocycles. The number of likely N-dealkylation sites (N-methyl/N-ethyl adjacent to an activating group) is 1. The Kier molecular flexibility index (Phi) is 6.49. The number of nitrogens with zero attached hydrogens (tertiary/aromatic N) is 1. The van der Waals surface area contributed by atoms with Gasteiger partial charge in [-0.2, -0.15) is 0 Å². The van der Waals surface area contributed by atoms with E-state index in [1.54, 1.807) is 6.26 Å². The first kappa shape index (κ1) is 14.1. The van der Waals surface area contributed by atoms with Crippen LogP contribution in [0.15, 0.2) is 0 Å². The fourth-order valence-electron chi connectivity index (χ4n) is 1.72. The third-order valence-corrected chi connectivity index (χ3v) is 4.38. The van der Waals surface area contributed by atoms with Gasteiger partial charge < -0.3 is 15.0 Å². The topological polar surface area (TPSA) is 41.6 Å². The average Bonchev–Trinajstić information content (AvgIpc) is 2.24. The van der Waals surface area contributed by atoms with Gasteiger partial charge in [-0.05, 0) is 20.0 Å². The highest BCUT2D eigenvalue weighted by Gasteiger charge is 2.16. The highest BCUT2D eigenvalue weighted by atomic mass is 32.2. The van der Waals surface area contributed by atoms with Crippen molar-refractivity contribution in [2.24, 2.45) is 0 Å². The maximum atomic E-state index is 11.1. The van der Waals surface area contributed by atoms with Crippen LogP contribution < -0.4 is 5.32 Å². The lowest BCUT2D eigenvalue weighted by molar-refractivity contribution is -0.0180. The van der Waals surface area contributed by atoms with Crippen molar-refractivity contribution in [2.75, 3.05) is 46.1 Å². The molecule has 3 unspecified atom stereocenters. The van der Waals surface area contributed by atoms with Gasteiger partial charge in [-0.1, -0.05) is 6.92 Å². The largest absolute Gasteiger partial charge is 0.374 e. The summed E-state index contributed by atoms with van der Waals surface area (Å²) in [4.78, 5) is 2.29. The van der Waals surface area contributed by atoms with Crippen molar-refractivity contribution in [3.05, 3.63) is 0 Å². The number of ether oxygens (including phenoxy) is 1. The molecule has 96 valence electrons. The van der Waals surface area contributed by atoms with Gasteiger partial charge in [-0.15, -0.1) is 0 Å². The summed E-state index contributed by atoms with van der Waals surface area (Å²) >= 11 is 0. The molecule has 0 bridgehead atoms. The third-order valence-electron chi connectivity index (χ3n) is 3.01. The van der Waals surface area contributed by atoms with Gasteiger partial charge >= 0.3 is 0 Å². The zero-order valence-electron chi connectivity index (χ0n) is 10.6. The van der Waals surface area contributed by atoms with Gasteiger partial charge in [0.05, 0.1) is 12.7 Å². The summed E-state index contributed by atoms with van der Waals surface area (Å²) in [6, 6.07) is 0. The lowest BCUT2D eigenvalue weighted by Gasteiger charge is -2.30. The maximum absolute atomic E-state index is 11.1. The Morgan fingerprint density at radius 2 is 2.38 bits per heavy atom. The van der Waals surface area contributed by atoms with E-state index in [4.69, 9.17) is 4.74 Å². The summed E-state index contributed by atoms with van der Waals surface area (Å²) in [6.45, 7) is 6.71. The normalized spacial score (nSPS) is 26.6. The maximum Gasteiger partial charge on any atom is 0.0826 e. The van der Waals surface area contributed by atoms with Crippen LogP contribution in [0.25, 0.3) is 0 Å². The molecule has 1 aliphatic rings. The van der Waals surface area contributed by atoms with E-state index in [0.29, 0.717) is 6.10 Å². The van der Waals surface area contributed by atoms with Crippen molar-refractivity contribution in [2.45, 2.75) is 24.7 Å². The quantitative estimate of drug-likeness (QED) is 0.675. The van der Waals surface area contributed by atoms with Crippen molar-refractivity contribution >= 4 is 10.8 Å². The van der Waals surface area contributed by atoms with E-state index in [1.807, 2.05) is 6.92 Å². The van der Waals surface area contributed by atoms with Crippen LogP contribution in [-0.2, 0) is 15.5 Å². The molecule has 16 heavy (non-hydrogen) atoms. The SMILES string of the molecule is CC(CCNCC1CN(C)CCO1)S(C)=O. The molecule has 1 fully saturated rings. The number of nitrogens with one attached hydrogen (secondary N) is 1. The second-order valence-electron chi connectivity index (χ2n) is 4.56. The molecular weight excluding hydrogens is 224 g/mol. The second-order valence-corrected chi connectivity index (χ2v) is 6.36. The van der Waals surface area contributed by atoms with E-state index in [-0.39, 0.29) is 5.25 Å². The molecule has 1 saturated heterocycles. The van der Waals surface area contributed by atoms with Gasteiger partial charge in [0.1, 0.15) is 0 Å². The Balaban J connectivity index is 2.04. The second kappa shape index (κ2) is 7.37. The lowest BCUT2D eigenvalue weighted by Crippen LogP contribution is -2.45. The van der Waals surface area contributed by atoms with Gasteiger partial charge in [0.15, 0.2) is 0 Å². The molecule has 1 heterocycles. The lowest BCUT2D eigenvalue weighted by atomic mass is 10.2. The van der Waals surface area contributed by atoms with Crippen LogP contribution in [0.3, 0.4) is 0 Å². The van der Waals surface area contributed by atoms with Crippen LogP contribution in [0.2, 0.25) is 0 Å². The Hall–Kier alpha value is 0.0300. The summed E-state index contributed by atoms with van der Waals surface area (Å²) in [6.07, 6.45) is 3.04. The minimum atomic E-state index is -0.704. The molecule has 1 rings (SSSR count). The third kappa shape index (κ3) is 5.39. The first-order chi connectivity index (χ1) is 7.59. The minimum absolute atomic E-state index is 0.280. The average molecular weight is 248 g/mol. The van der Waals surface area contributed by atoms with Crippen LogP contribution in [0.4, 0.5) is 0 Å². The molecule has 0 spiro atoms. The molecule has 0 aromatic heterocycles. The van der Waals surface area contributed by atoms with Crippen molar-refractivity contribution in [3.63, 3.8) is 0 Å². The van der Waals surface area contributed by atoms with E-state index < -0.39 is 10.8 Å². The molecular formula is C11H24N2O2S. The zero-order valence-corrected chi connectivity index (χ0v) is 11.4. The van der Waals surface area contributed by atoms with Crippen molar-refractivity contribution in [1.29, 1.82) is 0 Å². The van der Waals surface area contributed by atoms with Gasteiger partial charge in [0.2, 0.25) is 0 Å². The van der Waals surface area contributed by atoms with Gasteiger partial charge in [0.25, 0.3) is 0 Å². The van der Waals surface area contributed by atoms with E-state index in [2.05, 4.69) is 17.3 Å². The van der Waals surface area contributed by atoms with E-state index in [1.165, 1.54) is 0 Å². The highest BCUT2D eigenvalue weighted by molar-refractivity contribution is 7.84. The molecule has 0 aromatic carbocycles. The predicted molar refractivity (Wildman–Crippen MR) is 68.3 cm³/mol.